The van der Waals surface area contributed by atoms with Crippen LogP contribution in [0.5, 0.6) is 5.75 Å². The molecule has 31 heavy (non-hydrogen) atoms. The number of hydrogen-bond donors (Lipinski definition) is 2. The van der Waals surface area contributed by atoms with Crippen LogP contribution in [-0.4, -0.2) is 33.0 Å². The molecule has 3 rings (SSSR count). The van der Waals surface area contributed by atoms with Crippen LogP contribution in [0.4, 0.5) is 11.4 Å². The van der Waals surface area contributed by atoms with E-state index in [9.17, 15) is 9.59 Å². The van der Waals surface area contributed by atoms with Gasteiger partial charge in [-0.05, 0) is 48.0 Å². The number of anilines is 2. The molecule has 0 fully saturated rings. The zero-order valence-electron chi connectivity index (χ0n) is 17.8. The molecule has 0 bridgehead atoms. The van der Waals surface area contributed by atoms with E-state index in [1.807, 2.05) is 49.3 Å². The van der Waals surface area contributed by atoms with Crippen molar-refractivity contribution in [1.29, 1.82) is 0 Å². The summed E-state index contributed by atoms with van der Waals surface area (Å²) in [6.45, 7) is 0. The minimum atomic E-state index is -0.436. The Morgan fingerprint density at radius 1 is 0.903 bits per heavy atom. The monoisotopic (exact) mass is 415 g/mol. The Labute approximate surface area is 182 Å². The van der Waals surface area contributed by atoms with Gasteiger partial charge in [-0.1, -0.05) is 36.4 Å². The molecule has 0 aromatic heterocycles. The van der Waals surface area contributed by atoms with Gasteiger partial charge >= 0.3 is 0 Å². The standard InChI is InChI=1S/C25H25N3O3/c1-28(2)21-14-12-18(13-15-21)16-23(27-24(29)19-8-5-4-6-9-19)25(30)26-20-10-7-11-22(17-20)31-3/h4-17H,1-3H3,(H,26,30)(H,27,29). The largest absolute Gasteiger partial charge is 0.497 e. The number of carbonyl (C=O) groups is 2. The zero-order chi connectivity index (χ0) is 22.2. The van der Waals surface area contributed by atoms with Crippen LogP contribution in [0.15, 0.2) is 84.6 Å². The van der Waals surface area contributed by atoms with Crippen LogP contribution >= 0.6 is 0 Å². The van der Waals surface area contributed by atoms with Gasteiger partial charge < -0.3 is 20.3 Å². The molecule has 0 aliphatic heterocycles. The summed E-state index contributed by atoms with van der Waals surface area (Å²) in [5.74, 6) is -0.178. The maximum atomic E-state index is 13.0. The molecule has 0 radical (unpaired) electrons. The van der Waals surface area contributed by atoms with Gasteiger partial charge in [0.25, 0.3) is 11.8 Å². The Morgan fingerprint density at radius 3 is 2.26 bits per heavy atom. The first kappa shape index (κ1) is 21.6. The number of nitrogens with one attached hydrogen (secondary N) is 2. The van der Waals surface area contributed by atoms with Crippen molar-refractivity contribution in [2.24, 2.45) is 0 Å². The highest BCUT2D eigenvalue weighted by molar-refractivity contribution is 6.10. The molecule has 6 nitrogen and oxygen atoms in total. The van der Waals surface area contributed by atoms with Gasteiger partial charge in [-0.15, -0.1) is 0 Å². The summed E-state index contributed by atoms with van der Waals surface area (Å²) in [5, 5.41) is 5.55. The quantitative estimate of drug-likeness (QED) is 0.568. The Kier molecular flexibility index (Phi) is 7.06. The van der Waals surface area contributed by atoms with Gasteiger partial charge in [-0.2, -0.15) is 0 Å². The topological polar surface area (TPSA) is 70.7 Å². The first-order valence-electron chi connectivity index (χ1n) is 9.77. The lowest BCUT2D eigenvalue weighted by Crippen LogP contribution is -2.30. The Hall–Kier alpha value is -4.06. The molecule has 0 aliphatic carbocycles. The number of nitrogens with zero attached hydrogens (tertiary/aromatic N) is 1. The molecule has 0 saturated carbocycles. The van der Waals surface area contributed by atoms with E-state index in [1.165, 1.54) is 0 Å². The highest BCUT2D eigenvalue weighted by Crippen LogP contribution is 2.18. The molecule has 6 heteroatoms. The third-order valence-electron chi connectivity index (χ3n) is 4.58. The van der Waals surface area contributed by atoms with Crippen LogP contribution in [0.25, 0.3) is 6.08 Å². The van der Waals surface area contributed by atoms with Crippen molar-refractivity contribution >= 4 is 29.3 Å². The van der Waals surface area contributed by atoms with E-state index in [4.69, 9.17) is 4.74 Å². The fraction of sp³-hybridized carbons (Fsp3) is 0.120. The van der Waals surface area contributed by atoms with Gasteiger partial charge in [0.1, 0.15) is 11.4 Å². The Morgan fingerprint density at radius 2 is 1.61 bits per heavy atom. The average molecular weight is 415 g/mol. The van der Waals surface area contributed by atoms with Gasteiger partial charge in [0.2, 0.25) is 0 Å². The molecule has 2 N–H and O–H groups in total. The SMILES string of the molecule is COc1cccc(NC(=O)C(=Cc2ccc(N(C)C)cc2)NC(=O)c2ccccc2)c1. The van der Waals surface area contributed by atoms with Crippen molar-refractivity contribution < 1.29 is 14.3 Å². The van der Waals surface area contributed by atoms with E-state index in [-0.39, 0.29) is 11.6 Å². The molecule has 3 aromatic rings. The predicted molar refractivity (Wildman–Crippen MR) is 124 cm³/mol. The van der Waals surface area contributed by atoms with E-state index in [2.05, 4.69) is 10.6 Å². The third kappa shape index (κ3) is 5.96. The molecule has 158 valence electrons. The van der Waals surface area contributed by atoms with E-state index in [0.29, 0.717) is 17.0 Å². The van der Waals surface area contributed by atoms with Crippen LogP contribution in [0.1, 0.15) is 15.9 Å². The first-order chi connectivity index (χ1) is 15.0. The summed E-state index contributed by atoms with van der Waals surface area (Å²) in [4.78, 5) is 27.7. The van der Waals surface area contributed by atoms with Crippen molar-refractivity contribution in [3.63, 3.8) is 0 Å². The van der Waals surface area contributed by atoms with Crippen molar-refractivity contribution in [3.05, 3.63) is 95.7 Å². The molecule has 0 spiro atoms. The fourth-order valence-corrected chi connectivity index (χ4v) is 2.88. The van der Waals surface area contributed by atoms with Crippen molar-refractivity contribution in [3.8, 4) is 5.75 Å². The highest BCUT2D eigenvalue weighted by Gasteiger charge is 2.15. The summed E-state index contributed by atoms with van der Waals surface area (Å²) in [6, 6.07) is 23.5. The maximum absolute atomic E-state index is 13.0. The molecule has 0 heterocycles. The molecule has 0 atom stereocenters. The summed E-state index contributed by atoms with van der Waals surface area (Å²) >= 11 is 0. The van der Waals surface area contributed by atoms with Crippen LogP contribution in [0.3, 0.4) is 0 Å². The summed E-state index contributed by atoms with van der Waals surface area (Å²) in [5.41, 5.74) is 2.98. The fourth-order valence-electron chi connectivity index (χ4n) is 2.88. The second-order valence-electron chi connectivity index (χ2n) is 7.05. The third-order valence-corrected chi connectivity index (χ3v) is 4.58. The first-order valence-corrected chi connectivity index (χ1v) is 9.77. The van der Waals surface area contributed by atoms with Crippen LogP contribution < -0.4 is 20.3 Å². The number of hydrogen-bond acceptors (Lipinski definition) is 4. The average Bonchev–Trinajstić information content (AvgIpc) is 2.79. The summed E-state index contributed by atoms with van der Waals surface area (Å²) in [6.07, 6.45) is 1.65. The maximum Gasteiger partial charge on any atom is 0.272 e. The smallest absolute Gasteiger partial charge is 0.272 e. The lowest BCUT2D eigenvalue weighted by molar-refractivity contribution is -0.113. The number of ether oxygens (including phenoxy) is 1. The minimum Gasteiger partial charge on any atom is -0.497 e. The van der Waals surface area contributed by atoms with E-state index in [1.54, 1.807) is 61.7 Å². The number of carbonyl (C=O) groups excluding carboxylic acids is 2. The molecule has 0 saturated heterocycles. The van der Waals surface area contributed by atoms with Gasteiger partial charge in [0.15, 0.2) is 0 Å². The molecular formula is C25H25N3O3. The Bertz CT molecular complexity index is 1070. The number of rotatable bonds is 7. The van der Waals surface area contributed by atoms with E-state index >= 15 is 0 Å². The summed E-state index contributed by atoms with van der Waals surface area (Å²) < 4.78 is 5.21. The normalized spacial score (nSPS) is 10.9. The zero-order valence-corrected chi connectivity index (χ0v) is 17.8. The van der Waals surface area contributed by atoms with Gasteiger partial charge in [0.05, 0.1) is 7.11 Å². The van der Waals surface area contributed by atoms with Gasteiger partial charge in [-0.25, -0.2) is 0 Å². The van der Waals surface area contributed by atoms with E-state index < -0.39 is 5.91 Å². The number of methoxy groups -OCH3 is 1. The number of benzene rings is 3. The Balaban J connectivity index is 1.88. The molecule has 3 aromatic carbocycles. The molecular weight excluding hydrogens is 390 g/mol. The molecule has 0 aliphatic rings. The van der Waals surface area contributed by atoms with Crippen molar-refractivity contribution in [2.45, 2.75) is 0 Å². The molecule has 2 amide bonds. The lowest BCUT2D eigenvalue weighted by atomic mass is 10.1. The second-order valence-corrected chi connectivity index (χ2v) is 7.05. The van der Waals surface area contributed by atoms with Crippen LogP contribution in [0, 0.1) is 0 Å². The van der Waals surface area contributed by atoms with Gasteiger partial charge in [0, 0.05) is 37.1 Å². The summed E-state index contributed by atoms with van der Waals surface area (Å²) in [7, 11) is 5.47. The number of amides is 2. The van der Waals surface area contributed by atoms with Gasteiger partial charge in [-0.3, -0.25) is 9.59 Å². The van der Waals surface area contributed by atoms with E-state index in [0.717, 1.165) is 11.3 Å². The van der Waals surface area contributed by atoms with Crippen LogP contribution in [0.2, 0.25) is 0 Å². The van der Waals surface area contributed by atoms with Crippen molar-refractivity contribution in [1.82, 2.24) is 5.32 Å². The highest BCUT2D eigenvalue weighted by atomic mass is 16.5. The minimum absolute atomic E-state index is 0.134. The molecule has 0 unspecified atom stereocenters. The second kappa shape index (κ2) is 10.1. The predicted octanol–water partition coefficient (Wildman–Crippen LogP) is 4.17. The van der Waals surface area contributed by atoms with Crippen molar-refractivity contribution in [2.75, 3.05) is 31.4 Å². The lowest BCUT2D eigenvalue weighted by Gasteiger charge is -2.13. The van der Waals surface area contributed by atoms with Crippen LogP contribution in [-0.2, 0) is 4.79 Å².